The molecule has 0 atom stereocenters. The first-order chi connectivity index (χ1) is 5.58. The molecule has 0 saturated carbocycles. The minimum absolute atomic E-state index is 0.0556. The summed E-state index contributed by atoms with van der Waals surface area (Å²) in [5.74, 6) is 0. The second-order valence-corrected chi connectivity index (χ2v) is 4.42. The highest BCUT2D eigenvalue weighted by Gasteiger charge is 2.20. The maximum absolute atomic E-state index is 5.69. The summed E-state index contributed by atoms with van der Waals surface area (Å²) in [6.45, 7) is 4.95. The van der Waals surface area contributed by atoms with Crippen molar-refractivity contribution in [1.29, 1.82) is 0 Å². The van der Waals surface area contributed by atoms with E-state index in [-0.39, 0.29) is 5.41 Å². The zero-order valence-electron chi connectivity index (χ0n) is 7.47. The summed E-state index contributed by atoms with van der Waals surface area (Å²) >= 11 is 3.52. The fourth-order valence-corrected chi connectivity index (χ4v) is 1.94. The molecule has 0 aliphatic rings. The largest absolute Gasteiger partial charge is 0.330 e. The Bertz CT molecular complexity index is 268. The second kappa shape index (κ2) is 3.58. The molecule has 2 N–H and O–H groups in total. The first kappa shape index (κ1) is 9.75. The molecule has 0 aliphatic heterocycles. The van der Waals surface area contributed by atoms with Crippen molar-refractivity contribution in [2.24, 2.45) is 5.73 Å². The fourth-order valence-electron chi connectivity index (χ4n) is 1.12. The molecular formula is C10H14BrN. The van der Waals surface area contributed by atoms with Gasteiger partial charge in [-0.15, -0.1) is 0 Å². The van der Waals surface area contributed by atoms with Crippen LogP contribution in [0.4, 0.5) is 0 Å². The van der Waals surface area contributed by atoms with E-state index in [0.29, 0.717) is 6.54 Å². The van der Waals surface area contributed by atoms with Gasteiger partial charge in [-0.05, 0) is 11.6 Å². The van der Waals surface area contributed by atoms with Crippen LogP contribution >= 0.6 is 15.9 Å². The zero-order chi connectivity index (χ0) is 9.19. The Hall–Kier alpha value is -0.340. The average Bonchev–Trinajstić information content (AvgIpc) is 2.05. The van der Waals surface area contributed by atoms with E-state index in [1.54, 1.807) is 0 Å². The van der Waals surface area contributed by atoms with E-state index in [1.807, 2.05) is 18.2 Å². The van der Waals surface area contributed by atoms with Crippen LogP contribution < -0.4 is 5.73 Å². The van der Waals surface area contributed by atoms with Crippen LogP contribution in [0.1, 0.15) is 19.4 Å². The van der Waals surface area contributed by atoms with Gasteiger partial charge >= 0.3 is 0 Å². The lowest BCUT2D eigenvalue weighted by Gasteiger charge is -2.24. The van der Waals surface area contributed by atoms with Crippen molar-refractivity contribution in [3.63, 3.8) is 0 Å². The molecule has 1 aromatic rings. The van der Waals surface area contributed by atoms with Crippen LogP contribution in [0.25, 0.3) is 0 Å². The van der Waals surface area contributed by atoms with E-state index in [1.165, 1.54) is 5.56 Å². The molecule has 0 bridgehead atoms. The molecule has 0 spiro atoms. The molecule has 66 valence electrons. The quantitative estimate of drug-likeness (QED) is 0.827. The van der Waals surface area contributed by atoms with E-state index in [2.05, 4.69) is 35.8 Å². The Labute approximate surface area is 82.1 Å². The highest BCUT2D eigenvalue weighted by molar-refractivity contribution is 9.10. The van der Waals surface area contributed by atoms with Gasteiger partial charge in [0.2, 0.25) is 0 Å². The van der Waals surface area contributed by atoms with Gasteiger partial charge in [-0.3, -0.25) is 0 Å². The number of hydrogen-bond donors (Lipinski definition) is 1. The predicted octanol–water partition coefficient (Wildman–Crippen LogP) is 2.69. The normalized spacial score (nSPS) is 11.7. The monoisotopic (exact) mass is 227 g/mol. The standard InChI is InChI=1S/C10H14BrN/c1-10(2,7-12)8-5-3-4-6-9(8)11/h3-6H,7,12H2,1-2H3. The van der Waals surface area contributed by atoms with Gasteiger partial charge in [0.15, 0.2) is 0 Å². The van der Waals surface area contributed by atoms with E-state index < -0.39 is 0 Å². The maximum Gasteiger partial charge on any atom is 0.0213 e. The molecule has 0 saturated heterocycles. The van der Waals surface area contributed by atoms with Gasteiger partial charge in [-0.2, -0.15) is 0 Å². The predicted molar refractivity (Wildman–Crippen MR) is 56.2 cm³/mol. The Kier molecular flexibility index (Phi) is 2.91. The number of nitrogens with two attached hydrogens (primary N) is 1. The molecule has 0 unspecified atom stereocenters. The smallest absolute Gasteiger partial charge is 0.0213 e. The average molecular weight is 228 g/mol. The third-order valence-electron chi connectivity index (χ3n) is 2.11. The van der Waals surface area contributed by atoms with Crippen LogP contribution in [-0.4, -0.2) is 6.54 Å². The van der Waals surface area contributed by atoms with E-state index in [9.17, 15) is 0 Å². The first-order valence-electron chi connectivity index (χ1n) is 4.03. The molecule has 2 heteroatoms. The van der Waals surface area contributed by atoms with Crippen molar-refractivity contribution in [2.45, 2.75) is 19.3 Å². The number of benzene rings is 1. The van der Waals surface area contributed by atoms with Crippen molar-refractivity contribution in [2.75, 3.05) is 6.54 Å². The molecule has 0 fully saturated rings. The van der Waals surface area contributed by atoms with Crippen LogP contribution in [0.5, 0.6) is 0 Å². The maximum atomic E-state index is 5.69. The minimum atomic E-state index is 0.0556. The molecular weight excluding hydrogens is 214 g/mol. The van der Waals surface area contributed by atoms with Crippen molar-refractivity contribution < 1.29 is 0 Å². The van der Waals surface area contributed by atoms with E-state index in [0.717, 1.165) is 4.47 Å². The lowest BCUT2D eigenvalue weighted by Crippen LogP contribution is -2.28. The third-order valence-corrected chi connectivity index (χ3v) is 2.80. The van der Waals surface area contributed by atoms with Crippen LogP contribution in [0.2, 0.25) is 0 Å². The summed E-state index contributed by atoms with van der Waals surface area (Å²) < 4.78 is 1.14. The highest BCUT2D eigenvalue weighted by Crippen LogP contribution is 2.28. The third kappa shape index (κ3) is 1.87. The molecule has 12 heavy (non-hydrogen) atoms. The summed E-state index contributed by atoms with van der Waals surface area (Å²) in [6.07, 6.45) is 0. The second-order valence-electron chi connectivity index (χ2n) is 3.57. The van der Waals surface area contributed by atoms with Crippen LogP contribution in [-0.2, 0) is 5.41 Å². The van der Waals surface area contributed by atoms with Crippen LogP contribution in [0.15, 0.2) is 28.7 Å². The molecule has 0 amide bonds. The lowest BCUT2D eigenvalue weighted by atomic mass is 9.85. The number of rotatable bonds is 2. The van der Waals surface area contributed by atoms with Gasteiger partial charge < -0.3 is 5.73 Å². The Morgan fingerprint density at radius 2 is 1.92 bits per heavy atom. The summed E-state index contributed by atoms with van der Waals surface area (Å²) in [4.78, 5) is 0. The van der Waals surface area contributed by atoms with Crippen molar-refractivity contribution >= 4 is 15.9 Å². The Morgan fingerprint density at radius 3 is 2.42 bits per heavy atom. The number of hydrogen-bond acceptors (Lipinski definition) is 1. The molecule has 1 rings (SSSR count). The minimum Gasteiger partial charge on any atom is -0.330 e. The van der Waals surface area contributed by atoms with Crippen LogP contribution in [0.3, 0.4) is 0 Å². The first-order valence-corrected chi connectivity index (χ1v) is 4.82. The summed E-state index contributed by atoms with van der Waals surface area (Å²) in [7, 11) is 0. The number of halogens is 1. The fraction of sp³-hybridized carbons (Fsp3) is 0.400. The van der Waals surface area contributed by atoms with Gasteiger partial charge in [-0.1, -0.05) is 48.0 Å². The molecule has 1 aromatic carbocycles. The highest BCUT2D eigenvalue weighted by atomic mass is 79.9. The van der Waals surface area contributed by atoms with Gasteiger partial charge in [0, 0.05) is 16.4 Å². The summed E-state index contributed by atoms with van der Waals surface area (Å²) in [5.41, 5.74) is 7.01. The summed E-state index contributed by atoms with van der Waals surface area (Å²) in [6, 6.07) is 8.21. The zero-order valence-corrected chi connectivity index (χ0v) is 9.06. The van der Waals surface area contributed by atoms with Crippen molar-refractivity contribution in [1.82, 2.24) is 0 Å². The van der Waals surface area contributed by atoms with Crippen LogP contribution in [0, 0.1) is 0 Å². The molecule has 0 aliphatic carbocycles. The van der Waals surface area contributed by atoms with E-state index >= 15 is 0 Å². The van der Waals surface area contributed by atoms with Gasteiger partial charge in [0.05, 0.1) is 0 Å². The summed E-state index contributed by atoms with van der Waals surface area (Å²) in [5, 5.41) is 0. The molecule has 0 heterocycles. The van der Waals surface area contributed by atoms with Crippen molar-refractivity contribution in [3.05, 3.63) is 34.3 Å². The van der Waals surface area contributed by atoms with Crippen molar-refractivity contribution in [3.8, 4) is 0 Å². The topological polar surface area (TPSA) is 26.0 Å². The Morgan fingerprint density at radius 1 is 1.33 bits per heavy atom. The van der Waals surface area contributed by atoms with E-state index in [4.69, 9.17) is 5.73 Å². The van der Waals surface area contributed by atoms with Gasteiger partial charge in [0.25, 0.3) is 0 Å². The molecule has 0 radical (unpaired) electrons. The molecule has 0 aromatic heterocycles. The van der Waals surface area contributed by atoms with Gasteiger partial charge in [0.1, 0.15) is 0 Å². The van der Waals surface area contributed by atoms with Gasteiger partial charge in [-0.25, -0.2) is 0 Å². The Balaban J connectivity index is 3.10. The SMILES string of the molecule is CC(C)(CN)c1ccccc1Br. The lowest BCUT2D eigenvalue weighted by molar-refractivity contribution is 0.536. The molecule has 1 nitrogen and oxygen atoms in total.